The van der Waals surface area contributed by atoms with Crippen LogP contribution in [0.15, 0.2) is 42.5 Å². The van der Waals surface area contributed by atoms with Crippen molar-refractivity contribution in [1.29, 1.82) is 0 Å². The van der Waals surface area contributed by atoms with Gasteiger partial charge in [-0.3, -0.25) is 19.4 Å². The molecule has 148 valence electrons. The molecule has 1 N–H and O–H groups in total. The number of amides is 4. The zero-order valence-electron chi connectivity index (χ0n) is 16.2. The molecular formula is C23H23N3O3. The van der Waals surface area contributed by atoms with Crippen LogP contribution in [0.3, 0.4) is 0 Å². The molecule has 2 aromatic carbocycles. The summed E-state index contributed by atoms with van der Waals surface area (Å²) >= 11 is 0. The van der Waals surface area contributed by atoms with Crippen LogP contribution in [0.25, 0.3) is 0 Å². The summed E-state index contributed by atoms with van der Waals surface area (Å²) in [6.45, 7) is 0.628. The summed E-state index contributed by atoms with van der Waals surface area (Å²) in [5, 5.41) is 2.89. The summed E-state index contributed by atoms with van der Waals surface area (Å²) in [5.41, 5.74) is 3.43. The number of benzene rings is 2. The van der Waals surface area contributed by atoms with Crippen LogP contribution in [0.5, 0.6) is 0 Å². The molecule has 1 aliphatic carbocycles. The molecule has 5 rings (SSSR count). The summed E-state index contributed by atoms with van der Waals surface area (Å²) in [6.07, 6.45) is 5.85. The van der Waals surface area contributed by atoms with Crippen LogP contribution in [0.1, 0.15) is 58.4 Å². The Kier molecular flexibility index (Phi) is 4.34. The number of urea groups is 1. The molecule has 29 heavy (non-hydrogen) atoms. The Morgan fingerprint density at radius 3 is 2.52 bits per heavy atom. The van der Waals surface area contributed by atoms with E-state index in [1.165, 1.54) is 4.90 Å². The van der Waals surface area contributed by atoms with E-state index in [-0.39, 0.29) is 23.9 Å². The number of nitrogens with zero attached hydrogens (tertiary/aromatic N) is 2. The monoisotopic (exact) mass is 389 g/mol. The van der Waals surface area contributed by atoms with Crippen LogP contribution in [0.2, 0.25) is 0 Å². The van der Waals surface area contributed by atoms with Gasteiger partial charge in [-0.1, -0.05) is 37.5 Å². The van der Waals surface area contributed by atoms with Crippen LogP contribution >= 0.6 is 0 Å². The molecular weight excluding hydrogens is 366 g/mol. The number of imide groups is 1. The molecule has 0 aromatic heterocycles. The lowest BCUT2D eigenvalue weighted by Crippen LogP contribution is -2.40. The highest BCUT2D eigenvalue weighted by atomic mass is 16.2. The average molecular weight is 389 g/mol. The van der Waals surface area contributed by atoms with Crippen LogP contribution in [0, 0.1) is 0 Å². The molecule has 6 heteroatoms. The fourth-order valence-corrected chi connectivity index (χ4v) is 4.75. The first-order valence-electron chi connectivity index (χ1n) is 10.3. The number of carbonyl (C=O) groups is 3. The molecule has 1 saturated carbocycles. The second-order valence-corrected chi connectivity index (χ2v) is 7.99. The third kappa shape index (κ3) is 2.99. The van der Waals surface area contributed by atoms with Crippen molar-refractivity contribution in [2.45, 2.75) is 44.6 Å². The summed E-state index contributed by atoms with van der Waals surface area (Å²) in [6, 6.07) is 12.6. The van der Waals surface area contributed by atoms with Gasteiger partial charge < -0.3 is 5.32 Å². The van der Waals surface area contributed by atoms with Gasteiger partial charge in [0.15, 0.2) is 0 Å². The minimum Gasteiger partial charge on any atom is -0.308 e. The highest BCUT2D eigenvalue weighted by Gasteiger charge is 2.40. The number of nitrogens with one attached hydrogen (secondary N) is 1. The number of carbonyl (C=O) groups excluding carboxylic acids is 3. The second kappa shape index (κ2) is 7.03. The Labute approximate surface area is 169 Å². The fourth-order valence-electron chi connectivity index (χ4n) is 4.75. The molecule has 0 unspecified atom stereocenters. The van der Waals surface area contributed by atoms with E-state index >= 15 is 0 Å². The molecule has 1 fully saturated rings. The van der Waals surface area contributed by atoms with Crippen LogP contribution in [-0.2, 0) is 6.42 Å². The van der Waals surface area contributed by atoms with Crippen molar-refractivity contribution in [2.24, 2.45) is 0 Å². The van der Waals surface area contributed by atoms with Crippen molar-refractivity contribution in [3.63, 3.8) is 0 Å². The topological polar surface area (TPSA) is 69.7 Å². The number of rotatable bonds is 2. The second-order valence-electron chi connectivity index (χ2n) is 7.99. The Hall–Kier alpha value is -3.15. The van der Waals surface area contributed by atoms with Crippen molar-refractivity contribution in [1.82, 2.24) is 4.90 Å². The Morgan fingerprint density at radius 2 is 1.69 bits per heavy atom. The normalized spacial score (nSPS) is 18.8. The van der Waals surface area contributed by atoms with Gasteiger partial charge in [-0.2, -0.15) is 0 Å². The lowest BCUT2D eigenvalue weighted by atomic mass is 9.94. The Morgan fingerprint density at radius 1 is 0.931 bits per heavy atom. The summed E-state index contributed by atoms with van der Waals surface area (Å²) in [5.74, 6) is -0.442. The molecule has 2 heterocycles. The lowest BCUT2D eigenvalue weighted by molar-refractivity contribution is 0.0549. The first-order valence-corrected chi connectivity index (χ1v) is 10.3. The summed E-state index contributed by atoms with van der Waals surface area (Å²) in [4.78, 5) is 41.7. The maximum Gasteiger partial charge on any atom is 0.326 e. The van der Waals surface area contributed by atoms with Crippen molar-refractivity contribution in [2.75, 3.05) is 16.8 Å². The van der Waals surface area contributed by atoms with Crippen molar-refractivity contribution < 1.29 is 14.4 Å². The molecule has 3 aliphatic rings. The quantitative estimate of drug-likeness (QED) is 0.782. The fraction of sp³-hybridized carbons (Fsp3) is 0.348. The predicted molar refractivity (Wildman–Crippen MR) is 110 cm³/mol. The van der Waals surface area contributed by atoms with Crippen LogP contribution in [0.4, 0.5) is 16.2 Å². The van der Waals surface area contributed by atoms with Gasteiger partial charge in [0, 0.05) is 24.0 Å². The van der Waals surface area contributed by atoms with Gasteiger partial charge in [-0.15, -0.1) is 0 Å². The number of para-hydroxylation sites is 1. The van der Waals surface area contributed by atoms with Crippen molar-refractivity contribution >= 4 is 29.2 Å². The van der Waals surface area contributed by atoms with Gasteiger partial charge in [0.25, 0.3) is 11.8 Å². The third-order valence-corrected chi connectivity index (χ3v) is 6.24. The Balaban J connectivity index is 1.36. The highest BCUT2D eigenvalue weighted by Crippen LogP contribution is 2.33. The van der Waals surface area contributed by atoms with E-state index in [2.05, 4.69) is 5.32 Å². The number of hydrogen-bond donors (Lipinski definition) is 1. The summed E-state index contributed by atoms with van der Waals surface area (Å²) in [7, 11) is 0. The van der Waals surface area contributed by atoms with Gasteiger partial charge >= 0.3 is 6.03 Å². The third-order valence-electron chi connectivity index (χ3n) is 6.24. The minimum atomic E-state index is -0.237. The largest absolute Gasteiger partial charge is 0.326 e. The van der Waals surface area contributed by atoms with Crippen molar-refractivity contribution in [3.8, 4) is 0 Å². The van der Waals surface area contributed by atoms with E-state index in [9.17, 15) is 14.4 Å². The number of anilines is 2. The predicted octanol–water partition coefficient (Wildman–Crippen LogP) is 4.21. The van der Waals surface area contributed by atoms with Crippen LogP contribution < -0.4 is 10.2 Å². The van der Waals surface area contributed by atoms with Gasteiger partial charge in [0.2, 0.25) is 0 Å². The van der Waals surface area contributed by atoms with E-state index in [1.54, 1.807) is 23.1 Å². The first-order chi connectivity index (χ1) is 14.1. The molecule has 6 nitrogen and oxygen atoms in total. The molecule has 0 radical (unpaired) electrons. The highest BCUT2D eigenvalue weighted by molar-refractivity contribution is 6.22. The van der Waals surface area contributed by atoms with E-state index < -0.39 is 0 Å². The molecule has 2 aliphatic heterocycles. The molecule has 0 saturated heterocycles. The molecule has 2 aromatic rings. The minimum absolute atomic E-state index is 0.00436. The van der Waals surface area contributed by atoms with E-state index in [0.717, 1.165) is 49.8 Å². The maximum atomic E-state index is 12.9. The van der Waals surface area contributed by atoms with Gasteiger partial charge in [-0.05, 0) is 49.1 Å². The van der Waals surface area contributed by atoms with Gasteiger partial charge in [-0.25, -0.2) is 4.79 Å². The molecule has 0 bridgehead atoms. The van der Waals surface area contributed by atoms with E-state index in [4.69, 9.17) is 0 Å². The number of fused-ring (bicyclic) bond motifs is 2. The molecule has 4 amide bonds. The average Bonchev–Trinajstić information content (AvgIpc) is 3.28. The SMILES string of the molecule is O=C(Nc1ccc2c(c1)C(=O)N(C1CCCCC1)C2=O)N1CCc2ccccc21. The van der Waals surface area contributed by atoms with E-state index in [1.807, 2.05) is 24.3 Å². The Bertz CT molecular complexity index is 1010. The lowest BCUT2D eigenvalue weighted by Gasteiger charge is -2.29. The number of hydrogen-bond acceptors (Lipinski definition) is 3. The van der Waals surface area contributed by atoms with Gasteiger partial charge in [0.1, 0.15) is 0 Å². The molecule has 0 atom stereocenters. The van der Waals surface area contributed by atoms with E-state index in [0.29, 0.717) is 23.4 Å². The van der Waals surface area contributed by atoms with Crippen LogP contribution in [-0.4, -0.2) is 35.3 Å². The summed E-state index contributed by atoms with van der Waals surface area (Å²) < 4.78 is 0. The van der Waals surface area contributed by atoms with Crippen molar-refractivity contribution in [3.05, 3.63) is 59.2 Å². The first kappa shape index (κ1) is 17.9. The zero-order chi connectivity index (χ0) is 20.0. The standard InChI is InChI=1S/C23H23N3O3/c27-21-18-11-10-16(14-19(18)22(28)26(21)17-7-2-1-3-8-17)24-23(29)25-13-12-15-6-4-5-9-20(15)25/h4-6,9-11,14,17H,1-3,7-8,12-13H2,(H,24,29). The van der Waals surface area contributed by atoms with Gasteiger partial charge in [0.05, 0.1) is 11.1 Å². The maximum absolute atomic E-state index is 12.9. The smallest absolute Gasteiger partial charge is 0.308 e. The molecule has 0 spiro atoms. The zero-order valence-corrected chi connectivity index (χ0v) is 16.2.